The number of rotatable bonds is 5. The van der Waals surface area contributed by atoms with Gasteiger partial charge in [-0.2, -0.15) is 11.8 Å². The topological polar surface area (TPSA) is 86.0 Å². The minimum absolute atomic E-state index is 0.0391. The van der Waals surface area contributed by atoms with Gasteiger partial charge in [0.15, 0.2) is 0 Å². The lowest BCUT2D eigenvalue weighted by molar-refractivity contribution is -0.122. The lowest BCUT2D eigenvalue weighted by Gasteiger charge is -2.31. The van der Waals surface area contributed by atoms with Gasteiger partial charge in [0.2, 0.25) is 5.91 Å². The molecule has 3 heterocycles. The summed E-state index contributed by atoms with van der Waals surface area (Å²) in [7, 11) is 0. The van der Waals surface area contributed by atoms with Crippen molar-refractivity contribution in [2.24, 2.45) is 5.92 Å². The number of nitrogens with zero attached hydrogens (tertiary/aromatic N) is 3. The number of thioether (sulfide) groups is 1. The van der Waals surface area contributed by atoms with E-state index in [2.05, 4.69) is 10.3 Å². The van der Waals surface area contributed by atoms with Crippen LogP contribution in [0.4, 0.5) is 4.39 Å². The Labute approximate surface area is 190 Å². The van der Waals surface area contributed by atoms with Gasteiger partial charge in [0.25, 0.3) is 5.56 Å². The van der Waals surface area contributed by atoms with E-state index in [0.29, 0.717) is 38.0 Å². The number of fused-ring (bicyclic) bond motifs is 1. The molecule has 1 saturated heterocycles. The molecule has 0 aromatic carbocycles. The lowest BCUT2D eigenvalue weighted by Crippen LogP contribution is -2.46. The van der Waals surface area contributed by atoms with Crippen molar-refractivity contribution >= 4 is 28.7 Å². The molecular formula is C23H31FN4O3S. The molecule has 1 aliphatic carbocycles. The summed E-state index contributed by atoms with van der Waals surface area (Å²) in [4.78, 5) is 43.1. The third-order valence-corrected chi connectivity index (χ3v) is 7.55. The highest BCUT2D eigenvalue weighted by molar-refractivity contribution is 7.99. The molecule has 0 bridgehead atoms. The molecule has 0 radical (unpaired) electrons. The molecule has 0 spiro atoms. The lowest BCUT2D eigenvalue weighted by atomic mass is 9.90. The van der Waals surface area contributed by atoms with E-state index in [4.69, 9.17) is 0 Å². The molecule has 0 atom stereocenters. The van der Waals surface area contributed by atoms with Crippen LogP contribution in [-0.4, -0.2) is 37.6 Å². The normalized spacial score (nSPS) is 22.4. The fourth-order valence-corrected chi connectivity index (χ4v) is 6.02. The Hall–Kier alpha value is -2.16. The average Bonchev–Trinajstić information content (AvgIpc) is 2.76. The Morgan fingerprint density at radius 2 is 1.78 bits per heavy atom. The van der Waals surface area contributed by atoms with Gasteiger partial charge in [0.05, 0.1) is 11.6 Å². The maximum Gasteiger partial charge on any atom is 0.333 e. The van der Waals surface area contributed by atoms with Crippen LogP contribution in [0.25, 0.3) is 11.0 Å². The highest BCUT2D eigenvalue weighted by Gasteiger charge is 2.29. The number of carbonyl (C=O) groups excluding carboxylic acids is 1. The van der Waals surface area contributed by atoms with Gasteiger partial charge in [-0.1, -0.05) is 13.8 Å². The summed E-state index contributed by atoms with van der Waals surface area (Å²) in [6, 6.07) is 0.963. The molecule has 9 heteroatoms. The number of halogens is 1. The average molecular weight is 463 g/mol. The minimum atomic E-state index is -0.581. The zero-order chi connectivity index (χ0) is 22.8. The summed E-state index contributed by atoms with van der Waals surface area (Å²) in [5.41, 5.74) is -0.527. The second-order valence-electron chi connectivity index (χ2n) is 9.37. The second-order valence-corrected chi connectivity index (χ2v) is 10.6. The zero-order valence-corrected chi connectivity index (χ0v) is 19.5. The second kappa shape index (κ2) is 9.77. The van der Waals surface area contributed by atoms with Crippen LogP contribution in [0.3, 0.4) is 0 Å². The van der Waals surface area contributed by atoms with Gasteiger partial charge < -0.3 is 5.32 Å². The summed E-state index contributed by atoms with van der Waals surface area (Å²) in [5.74, 6) is 1.65. The van der Waals surface area contributed by atoms with Crippen molar-refractivity contribution in [3.8, 4) is 0 Å². The fourth-order valence-electron chi connectivity index (χ4n) is 4.93. The number of carbonyl (C=O) groups is 1. The predicted octanol–water partition coefficient (Wildman–Crippen LogP) is 3.41. The van der Waals surface area contributed by atoms with E-state index in [9.17, 15) is 18.8 Å². The van der Waals surface area contributed by atoms with Crippen molar-refractivity contribution < 1.29 is 9.18 Å². The Bertz CT molecular complexity index is 1100. The fraction of sp³-hybridized carbons (Fsp3) is 0.652. The number of nitrogens with one attached hydrogen (secondary N) is 1. The van der Waals surface area contributed by atoms with Crippen molar-refractivity contribution in [2.45, 2.75) is 76.9 Å². The SMILES string of the molecule is CC(C)CC(=O)N[C@H]1CC[C@@H](n2c(=O)c3cc(F)cnc3n(C3CCSCC3)c2=O)CC1. The van der Waals surface area contributed by atoms with Crippen LogP contribution in [0, 0.1) is 11.7 Å². The Kier molecular flexibility index (Phi) is 7.02. The van der Waals surface area contributed by atoms with E-state index in [-0.39, 0.29) is 40.8 Å². The highest BCUT2D eigenvalue weighted by Crippen LogP contribution is 2.30. The van der Waals surface area contributed by atoms with Crippen LogP contribution >= 0.6 is 11.8 Å². The molecule has 1 N–H and O–H groups in total. The summed E-state index contributed by atoms with van der Waals surface area (Å²) in [6.45, 7) is 4.02. The first-order chi connectivity index (χ1) is 15.3. The smallest absolute Gasteiger partial charge is 0.333 e. The van der Waals surface area contributed by atoms with Crippen LogP contribution < -0.4 is 16.6 Å². The van der Waals surface area contributed by atoms with E-state index < -0.39 is 11.4 Å². The van der Waals surface area contributed by atoms with Gasteiger partial charge in [0, 0.05) is 24.5 Å². The van der Waals surface area contributed by atoms with E-state index in [1.807, 2.05) is 25.6 Å². The van der Waals surface area contributed by atoms with Crippen molar-refractivity contribution in [2.75, 3.05) is 11.5 Å². The van der Waals surface area contributed by atoms with Crippen molar-refractivity contribution in [1.82, 2.24) is 19.4 Å². The van der Waals surface area contributed by atoms with Gasteiger partial charge in [-0.05, 0) is 62.0 Å². The van der Waals surface area contributed by atoms with Gasteiger partial charge in [0.1, 0.15) is 11.5 Å². The number of aromatic nitrogens is 3. The van der Waals surface area contributed by atoms with Gasteiger partial charge in [-0.25, -0.2) is 14.2 Å². The Morgan fingerprint density at radius 3 is 2.44 bits per heavy atom. The van der Waals surface area contributed by atoms with Crippen molar-refractivity contribution in [3.63, 3.8) is 0 Å². The molecule has 2 aromatic heterocycles. The summed E-state index contributed by atoms with van der Waals surface area (Å²) in [6.07, 6.45) is 5.88. The van der Waals surface area contributed by atoms with Crippen LogP contribution in [0.15, 0.2) is 21.9 Å². The van der Waals surface area contributed by atoms with E-state index >= 15 is 0 Å². The molecule has 2 aromatic rings. The van der Waals surface area contributed by atoms with Crippen molar-refractivity contribution in [1.29, 1.82) is 0 Å². The Balaban J connectivity index is 1.65. The molecule has 2 fully saturated rings. The molecule has 1 saturated carbocycles. The maximum atomic E-state index is 14.0. The third-order valence-electron chi connectivity index (χ3n) is 6.50. The van der Waals surface area contributed by atoms with Crippen LogP contribution in [0.5, 0.6) is 0 Å². The first-order valence-corrected chi connectivity index (χ1v) is 12.7. The van der Waals surface area contributed by atoms with Crippen LogP contribution in [0.1, 0.15) is 70.9 Å². The first kappa shape index (κ1) is 23.0. The van der Waals surface area contributed by atoms with Crippen LogP contribution in [0.2, 0.25) is 0 Å². The molecule has 174 valence electrons. The molecule has 32 heavy (non-hydrogen) atoms. The molecule has 2 aliphatic rings. The van der Waals surface area contributed by atoms with Crippen LogP contribution in [-0.2, 0) is 4.79 Å². The van der Waals surface area contributed by atoms with E-state index in [0.717, 1.165) is 30.5 Å². The molecule has 7 nitrogen and oxygen atoms in total. The number of amides is 1. The largest absolute Gasteiger partial charge is 0.353 e. The number of pyridine rings is 1. The molecule has 4 rings (SSSR count). The van der Waals surface area contributed by atoms with Gasteiger partial charge in [-0.3, -0.25) is 18.7 Å². The number of hydrogen-bond acceptors (Lipinski definition) is 5. The maximum absolute atomic E-state index is 14.0. The third kappa shape index (κ3) is 4.77. The zero-order valence-electron chi connectivity index (χ0n) is 18.7. The molecule has 0 unspecified atom stereocenters. The summed E-state index contributed by atoms with van der Waals surface area (Å²) in [5, 5.41) is 3.24. The highest BCUT2D eigenvalue weighted by atomic mass is 32.2. The molecule has 1 amide bonds. The molecule has 1 aliphatic heterocycles. The first-order valence-electron chi connectivity index (χ1n) is 11.5. The standard InChI is InChI=1S/C23H31FN4O3S/c1-14(2)11-20(29)26-16-3-5-17(6-4-16)28-22(30)19-12-15(24)13-25-21(19)27(23(28)31)18-7-9-32-10-8-18/h12-14,16-18H,3-11H2,1-2H3,(H,26,29)/t16-,17+. The van der Waals surface area contributed by atoms with E-state index in [1.165, 1.54) is 10.6 Å². The summed E-state index contributed by atoms with van der Waals surface area (Å²) < 4.78 is 16.9. The molecular weight excluding hydrogens is 431 g/mol. The van der Waals surface area contributed by atoms with Crippen molar-refractivity contribution in [3.05, 3.63) is 38.9 Å². The number of hydrogen-bond donors (Lipinski definition) is 1. The van der Waals surface area contributed by atoms with E-state index in [1.54, 1.807) is 4.57 Å². The predicted molar refractivity (Wildman–Crippen MR) is 125 cm³/mol. The quantitative estimate of drug-likeness (QED) is 0.736. The Morgan fingerprint density at radius 1 is 1.12 bits per heavy atom. The monoisotopic (exact) mass is 462 g/mol. The summed E-state index contributed by atoms with van der Waals surface area (Å²) >= 11 is 1.85. The minimum Gasteiger partial charge on any atom is -0.353 e. The van der Waals surface area contributed by atoms with Gasteiger partial charge in [-0.15, -0.1) is 0 Å². The van der Waals surface area contributed by atoms with Gasteiger partial charge >= 0.3 is 5.69 Å².